The van der Waals surface area contributed by atoms with Crippen LogP contribution in [0.25, 0.3) is 5.52 Å². The largest absolute Gasteiger partial charge is 0.497 e. The number of methoxy groups -OCH3 is 1. The number of rotatable bonds is 5. The number of anilines is 2. The Kier molecular flexibility index (Phi) is 5.12. The Balaban J connectivity index is 1.63. The highest BCUT2D eigenvalue weighted by Gasteiger charge is 2.25. The van der Waals surface area contributed by atoms with Crippen LogP contribution in [0.3, 0.4) is 0 Å². The Morgan fingerprint density at radius 3 is 3.04 bits per heavy atom. The number of piperidine rings is 1. The predicted octanol–water partition coefficient (Wildman–Crippen LogP) is 1.51. The molecule has 4 N–H and O–H groups in total. The number of likely N-dealkylation sites (tertiary alicyclic amines) is 1. The van der Waals surface area contributed by atoms with Gasteiger partial charge in [0.05, 0.1) is 13.2 Å². The number of hydrogen-bond acceptors (Lipinski definition) is 7. The SMILES string of the molecule is COc1cc(F)cc(Nc2ncnn3ccc(CN4CC[C@@H](N)[C@H](O)C4)c23)c1. The highest BCUT2D eigenvalue weighted by molar-refractivity contribution is 5.76. The second kappa shape index (κ2) is 7.70. The second-order valence-corrected chi connectivity index (χ2v) is 7.00. The summed E-state index contributed by atoms with van der Waals surface area (Å²) in [6.45, 7) is 1.97. The summed E-state index contributed by atoms with van der Waals surface area (Å²) in [5.41, 5.74) is 8.24. The van der Waals surface area contributed by atoms with E-state index in [4.69, 9.17) is 10.5 Å². The summed E-state index contributed by atoms with van der Waals surface area (Å²) in [6.07, 6.45) is 3.52. The molecule has 0 unspecified atom stereocenters. The van der Waals surface area contributed by atoms with Crippen LogP contribution in [0.2, 0.25) is 0 Å². The molecule has 0 spiro atoms. The maximum absolute atomic E-state index is 13.8. The third-order valence-corrected chi connectivity index (χ3v) is 5.02. The first kappa shape index (κ1) is 18.6. The van der Waals surface area contributed by atoms with Crippen molar-refractivity contribution in [3.8, 4) is 5.75 Å². The number of aromatic nitrogens is 3. The highest BCUT2D eigenvalue weighted by atomic mass is 19.1. The summed E-state index contributed by atoms with van der Waals surface area (Å²) in [5.74, 6) is 0.583. The van der Waals surface area contributed by atoms with Gasteiger partial charge in [-0.15, -0.1) is 0 Å². The number of β-amino-alcohol motifs (C(OH)–C–C–N with tert-alkyl or cyclic N) is 1. The van der Waals surface area contributed by atoms with Gasteiger partial charge in [0, 0.05) is 49.7 Å². The van der Waals surface area contributed by atoms with Crippen molar-refractivity contribution in [2.45, 2.75) is 25.1 Å². The van der Waals surface area contributed by atoms with Crippen molar-refractivity contribution in [3.63, 3.8) is 0 Å². The summed E-state index contributed by atoms with van der Waals surface area (Å²) in [4.78, 5) is 6.50. The van der Waals surface area contributed by atoms with E-state index in [9.17, 15) is 9.50 Å². The lowest BCUT2D eigenvalue weighted by atomic mass is 10.0. The quantitative estimate of drug-likeness (QED) is 0.611. The van der Waals surface area contributed by atoms with E-state index in [1.54, 1.807) is 10.6 Å². The molecule has 1 fully saturated rings. The lowest BCUT2D eigenvalue weighted by Crippen LogP contribution is -2.50. The smallest absolute Gasteiger partial charge is 0.158 e. The molecular formula is C19H23FN6O2. The van der Waals surface area contributed by atoms with E-state index in [0.29, 0.717) is 30.3 Å². The molecule has 2 aromatic heterocycles. The molecule has 3 heterocycles. The number of nitrogens with zero attached hydrogens (tertiary/aromatic N) is 4. The van der Waals surface area contributed by atoms with E-state index < -0.39 is 11.9 Å². The van der Waals surface area contributed by atoms with Crippen LogP contribution in [0, 0.1) is 5.82 Å². The molecule has 0 bridgehead atoms. The Hall–Kier alpha value is -2.75. The topological polar surface area (TPSA) is 101 Å². The van der Waals surface area contributed by atoms with Gasteiger partial charge in [0.25, 0.3) is 0 Å². The first-order chi connectivity index (χ1) is 13.5. The van der Waals surface area contributed by atoms with Crippen molar-refractivity contribution in [2.24, 2.45) is 5.73 Å². The van der Waals surface area contributed by atoms with Crippen molar-refractivity contribution in [1.29, 1.82) is 0 Å². The molecular weight excluding hydrogens is 363 g/mol. The lowest BCUT2D eigenvalue weighted by Gasteiger charge is -2.33. The van der Waals surface area contributed by atoms with Crippen molar-refractivity contribution >= 4 is 17.0 Å². The molecule has 1 aliphatic heterocycles. The Bertz CT molecular complexity index is 978. The number of nitrogens with one attached hydrogen (secondary N) is 1. The van der Waals surface area contributed by atoms with Crippen LogP contribution in [0.1, 0.15) is 12.0 Å². The summed E-state index contributed by atoms with van der Waals surface area (Å²) < 4.78 is 20.7. The van der Waals surface area contributed by atoms with Crippen LogP contribution in [0.5, 0.6) is 5.75 Å². The molecule has 9 heteroatoms. The number of halogens is 1. The number of benzene rings is 1. The third-order valence-electron chi connectivity index (χ3n) is 5.02. The summed E-state index contributed by atoms with van der Waals surface area (Å²) in [7, 11) is 1.49. The van der Waals surface area contributed by atoms with Crippen LogP contribution in [-0.4, -0.2) is 56.9 Å². The van der Waals surface area contributed by atoms with Gasteiger partial charge in [-0.2, -0.15) is 5.10 Å². The zero-order chi connectivity index (χ0) is 19.7. The van der Waals surface area contributed by atoms with Gasteiger partial charge in [-0.25, -0.2) is 13.9 Å². The van der Waals surface area contributed by atoms with Gasteiger partial charge in [-0.3, -0.25) is 4.90 Å². The molecule has 1 aliphatic rings. The van der Waals surface area contributed by atoms with Crippen molar-refractivity contribution in [3.05, 3.63) is 48.2 Å². The fraction of sp³-hybridized carbons (Fsp3) is 0.368. The molecule has 8 nitrogen and oxygen atoms in total. The molecule has 0 radical (unpaired) electrons. The van der Waals surface area contributed by atoms with E-state index in [1.165, 1.54) is 25.6 Å². The molecule has 1 aromatic carbocycles. The first-order valence-electron chi connectivity index (χ1n) is 9.12. The summed E-state index contributed by atoms with van der Waals surface area (Å²) >= 11 is 0. The van der Waals surface area contributed by atoms with E-state index in [1.807, 2.05) is 12.3 Å². The average Bonchev–Trinajstić information content (AvgIpc) is 3.08. The number of hydrogen-bond donors (Lipinski definition) is 3. The van der Waals surface area contributed by atoms with Crippen molar-refractivity contribution in [2.75, 3.05) is 25.5 Å². The molecule has 1 saturated heterocycles. The van der Waals surface area contributed by atoms with Gasteiger partial charge in [0.1, 0.15) is 23.4 Å². The molecule has 0 aliphatic carbocycles. The second-order valence-electron chi connectivity index (χ2n) is 7.00. The van der Waals surface area contributed by atoms with E-state index >= 15 is 0 Å². The monoisotopic (exact) mass is 386 g/mol. The van der Waals surface area contributed by atoms with E-state index in [2.05, 4.69) is 20.3 Å². The summed E-state index contributed by atoms with van der Waals surface area (Å²) in [5, 5.41) is 17.5. The number of aliphatic hydroxyl groups excluding tert-OH is 1. The van der Waals surface area contributed by atoms with Crippen LogP contribution < -0.4 is 15.8 Å². The predicted molar refractivity (Wildman–Crippen MR) is 103 cm³/mol. The van der Waals surface area contributed by atoms with Gasteiger partial charge in [0.2, 0.25) is 0 Å². The zero-order valence-electron chi connectivity index (χ0n) is 15.5. The zero-order valence-corrected chi connectivity index (χ0v) is 15.5. The summed E-state index contributed by atoms with van der Waals surface area (Å²) in [6, 6.07) is 6.20. The Labute approximate surface area is 161 Å². The standard InChI is InChI=1S/C19H23FN6O2/c1-28-15-7-13(20)6-14(8-15)24-19-18-12(2-5-26(18)23-11-22-19)9-25-4-3-16(21)17(27)10-25/h2,5-8,11,16-17,27H,3-4,9-10,21H2,1H3,(H,22,23,24)/t16-,17-/m1/s1. The first-order valence-corrected chi connectivity index (χ1v) is 9.12. The number of aliphatic hydroxyl groups is 1. The van der Waals surface area contributed by atoms with Gasteiger partial charge in [0.15, 0.2) is 5.82 Å². The minimum absolute atomic E-state index is 0.175. The highest BCUT2D eigenvalue weighted by Crippen LogP contribution is 2.27. The Morgan fingerprint density at radius 2 is 2.25 bits per heavy atom. The number of nitrogens with two attached hydrogens (primary N) is 1. The van der Waals surface area contributed by atoms with Crippen LogP contribution in [0.15, 0.2) is 36.8 Å². The van der Waals surface area contributed by atoms with Crippen LogP contribution >= 0.6 is 0 Å². The van der Waals surface area contributed by atoms with Gasteiger partial charge in [-0.1, -0.05) is 0 Å². The van der Waals surface area contributed by atoms with Crippen molar-refractivity contribution in [1.82, 2.24) is 19.5 Å². The third kappa shape index (κ3) is 3.77. The van der Waals surface area contributed by atoms with E-state index in [-0.39, 0.29) is 6.04 Å². The molecule has 3 aromatic rings. The maximum atomic E-state index is 13.8. The molecule has 4 rings (SSSR count). The van der Waals surface area contributed by atoms with Gasteiger partial charge >= 0.3 is 0 Å². The van der Waals surface area contributed by atoms with Gasteiger partial charge < -0.3 is 20.9 Å². The van der Waals surface area contributed by atoms with Crippen molar-refractivity contribution < 1.29 is 14.2 Å². The molecule has 2 atom stereocenters. The number of fused-ring (bicyclic) bond motifs is 1. The van der Waals surface area contributed by atoms with Crippen LogP contribution in [-0.2, 0) is 6.54 Å². The van der Waals surface area contributed by atoms with Gasteiger partial charge in [-0.05, 0) is 24.1 Å². The van der Waals surface area contributed by atoms with E-state index in [0.717, 1.165) is 24.0 Å². The minimum atomic E-state index is -0.531. The fourth-order valence-electron chi connectivity index (χ4n) is 3.53. The molecule has 148 valence electrons. The fourth-order valence-corrected chi connectivity index (χ4v) is 3.53. The molecule has 0 amide bonds. The maximum Gasteiger partial charge on any atom is 0.158 e. The normalized spacial score (nSPS) is 20.4. The van der Waals surface area contributed by atoms with Crippen LogP contribution in [0.4, 0.5) is 15.9 Å². The average molecular weight is 386 g/mol. The number of ether oxygens (including phenoxy) is 1. The Morgan fingerprint density at radius 1 is 1.39 bits per heavy atom. The lowest BCUT2D eigenvalue weighted by molar-refractivity contribution is 0.0501. The minimum Gasteiger partial charge on any atom is -0.497 e. The molecule has 28 heavy (non-hydrogen) atoms. The molecule has 0 saturated carbocycles.